The number of fused-ring (bicyclic) bond motifs is 1. The van der Waals surface area contributed by atoms with Crippen molar-refractivity contribution in [3.8, 4) is 11.4 Å². The lowest BCUT2D eigenvalue weighted by atomic mass is 10.1. The summed E-state index contributed by atoms with van der Waals surface area (Å²) in [6.07, 6.45) is 0. The van der Waals surface area contributed by atoms with Crippen LogP contribution in [0, 0.1) is 6.92 Å². The molecule has 0 aliphatic heterocycles. The zero-order valence-electron chi connectivity index (χ0n) is 15.7. The van der Waals surface area contributed by atoms with Crippen LogP contribution in [0.1, 0.15) is 18.4 Å². The maximum atomic E-state index is 12.7. The first-order valence-electron chi connectivity index (χ1n) is 8.90. The molecular weight excluding hydrogens is 412 g/mol. The Kier molecular flexibility index (Phi) is 5.07. The highest BCUT2D eigenvalue weighted by molar-refractivity contribution is 7.89. The zero-order chi connectivity index (χ0) is 20.6. The second kappa shape index (κ2) is 7.54. The third kappa shape index (κ3) is 3.74. The van der Waals surface area contributed by atoms with Crippen LogP contribution in [0.3, 0.4) is 0 Å². The predicted octanol–water partition coefficient (Wildman–Crippen LogP) is 2.92. The molecule has 0 spiro atoms. The van der Waals surface area contributed by atoms with Gasteiger partial charge in [0.25, 0.3) is 0 Å². The summed E-state index contributed by atoms with van der Waals surface area (Å²) in [6.45, 7) is 4.20. The molecule has 4 aromatic rings. The highest BCUT2D eigenvalue weighted by Crippen LogP contribution is 2.22. The van der Waals surface area contributed by atoms with Crippen molar-refractivity contribution < 1.29 is 12.9 Å². The van der Waals surface area contributed by atoms with Gasteiger partial charge in [-0.25, -0.2) is 13.1 Å². The van der Waals surface area contributed by atoms with E-state index in [1.807, 2.05) is 38.1 Å². The summed E-state index contributed by atoms with van der Waals surface area (Å²) in [5, 5.41) is 3.93. The lowest BCUT2D eigenvalue weighted by Crippen LogP contribution is -2.23. The molecule has 10 heteroatoms. The molecular formula is C19H18N4O4S2. The van der Waals surface area contributed by atoms with Gasteiger partial charge in [0.15, 0.2) is 0 Å². The Balaban J connectivity index is 1.55. The van der Waals surface area contributed by atoms with E-state index in [1.54, 1.807) is 10.6 Å². The van der Waals surface area contributed by atoms with E-state index >= 15 is 0 Å². The Labute approximate surface area is 170 Å². The van der Waals surface area contributed by atoms with E-state index in [-0.39, 0.29) is 22.2 Å². The van der Waals surface area contributed by atoms with Gasteiger partial charge in [-0.3, -0.25) is 9.36 Å². The average molecular weight is 431 g/mol. The minimum absolute atomic E-state index is 0.0770. The number of benzene rings is 2. The molecule has 0 aliphatic rings. The molecule has 2 aromatic heterocycles. The Morgan fingerprint density at radius 1 is 1.21 bits per heavy atom. The number of rotatable bonds is 6. The molecule has 2 heterocycles. The first-order valence-corrected chi connectivity index (χ1v) is 11.2. The van der Waals surface area contributed by atoms with Gasteiger partial charge in [0.05, 0.1) is 21.7 Å². The predicted molar refractivity (Wildman–Crippen MR) is 110 cm³/mol. The first-order chi connectivity index (χ1) is 13.9. The zero-order valence-corrected chi connectivity index (χ0v) is 17.4. The minimum atomic E-state index is -3.81. The van der Waals surface area contributed by atoms with Gasteiger partial charge in [0.2, 0.25) is 21.7 Å². The summed E-state index contributed by atoms with van der Waals surface area (Å²) in [5.74, 6) is 0.569. The van der Waals surface area contributed by atoms with Gasteiger partial charge in [-0.1, -0.05) is 40.8 Å². The van der Waals surface area contributed by atoms with E-state index in [9.17, 15) is 13.2 Å². The summed E-state index contributed by atoms with van der Waals surface area (Å²) in [4.78, 5) is 16.2. The van der Waals surface area contributed by atoms with Crippen LogP contribution in [0.25, 0.3) is 21.6 Å². The normalized spacial score (nSPS) is 11.9. The van der Waals surface area contributed by atoms with Crippen molar-refractivity contribution >= 4 is 31.6 Å². The van der Waals surface area contributed by atoms with Crippen LogP contribution in [-0.4, -0.2) is 23.1 Å². The summed E-state index contributed by atoms with van der Waals surface area (Å²) in [6, 6.07) is 12.2. The van der Waals surface area contributed by atoms with Gasteiger partial charge < -0.3 is 4.52 Å². The lowest BCUT2D eigenvalue weighted by Gasteiger charge is -2.05. The van der Waals surface area contributed by atoms with Crippen LogP contribution < -0.4 is 9.60 Å². The second-order valence-corrected chi connectivity index (χ2v) is 9.15. The first kappa shape index (κ1) is 19.5. The van der Waals surface area contributed by atoms with E-state index < -0.39 is 10.0 Å². The molecule has 150 valence electrons. The van der Waals surface area contributed by atoms with Crippen molar-refractivity contribution in [3.63, 3.8) is 0 Å². The number of thiazole rings is 1. The Morgan fingerprint density at radius 3 is 2.76 bits per heavy atom. The molecule has 0 saturated heterocycles. The molecule has 0 saturated carbocycles. The number of nitrogens with one attached hydrogen (secondary N) is 1. The number of hydrogen-bond donors (Lipinski definition) is 1. The van der Waals surface area contributed by atoms with Crippen molar-refractivity contribution in [2.75, 3.05) is 0 Å². The topological polar surface area (TPSA) is 107 Å². The molecule has 0 unspecified atom stereocenters. The summed E-state index contributed by atoms with van der Waals surface area (Å²) >= 11 is 1.02. The van der Waals surface area contributed by atoms with Crippen molar-refractivity contribution in [1.29, 1.82) is 0 Å². The quantitative estimate of drug-likeness (QED) is 0.504. The van der Waals surface area contributed by atoms with Crippen LogP contribution in [0.2, 0.25) is 0 Å². The molecule has 0 aliphatic carbocycles. The maximum Gasteiger partial charge on any atom is 0.308 e. The monoisotopic (exact) mass is 430 g/mol. The van der Waals surface area contributed by atoms with Crippen molar-refractivity contribution in [2.45, 2.75) is 31.8 Å². The highest BCUT2D eigenvalue weighted by atomic mass is 32.2. The molecule has 8 nitrogen and oxygen atoms in total. The minimum Gasteiger partial charge on any atom is -0.338 e. The van der Waals surface area contributed by atoms with Crippen molar-refractivity contribution in [3.05, 3.63) is 63.6 Å². The molecule has 0 radical (unpaired) electrons. The van der Waals surface area contributed by atoms with Crippen molar-refractivity contribution in [1.82, 2.24) is 19.4 Å². The number of aromatic nitrogens is 3. The smallest absolute Gasteiger partial charge is 0.308 e. The molecule has 0 atom stereocenters. The Hall–Kier alpha value is -2.82. The third-order valence-corrected chi connectivity index (χ3v) is 6.87. The lowest BCUT2D eigenvalue weighted by molar-refractivity contribution is 0.376. The fourth-order valence-electron chi connectivity index (χ4n) is 3.01. The fraction of sp³-hybridized carbons (Fsp3) is 0.211. The number of nitrogens with zero attached hydrogens (tertiary/aromatic N) is 3. The molecule has 0 fully saturated rings. The van der Waals surface area contributed by atoms with E-state index in [2.05, 4.69) is 14.9 Å². The number of hydrogen-bond acceptors (Lipinski definition) is 7. The van der Waals surface area contributed by atoms with Gasteiger partial charge in [0, 0.05) is 12.1 Å². The molecule has 0 bridgehead atoms. The molecule has 4 rings (SSSR count). The van der Waals surface area contributed by atoms with E-state index in [0.29, 0.717) is 17.1 Å². The highest BCUT2D eigenvalue weighted by Gasteiger charge is 2.18. The van der Waals surface area contributed by atoms with Crippen LogP contribution >= 0.6 is 11.3 Å². The average Bonchev–Trinajstić information content (AvgIpc) is 3.29. The van der Waals surface area contributed by atoms with Gasteiger partial charge in [-0.2, -0.15) is 4.98 Å². The van der Waals surface area contributed by atoms with E-state index in [0.717, 1.165) is 28.0 Å². The molecule has 2 aromatic carbocycles. The largest absolute Gasteiger partial charge is 0.338 e. The Bertz CT molecular complexity index is 1350. The summed E-state index contributed by atoms with van der Waals surface area (Å²) in [7, 11) is -3.81. The van der Waals surface area contributed by atoms with Gasteiger partial charge in [-0.15, -0.1) is 0 Å². The van der Waals surface area contributed by atoms with E-state index in [1.165, 1.54) is 12.1 Å². The molecule has 1 N–H and O–H groups in total. The second-order valence-electron chi connectivity index (χ2n) is 6.39. The third-order valence-electron chi connectivity index (χ3n) is 4.53. The van der Waals surface area contributed by atoms with E-state index in [4.69, 9.17) is 4.52 Å². The molecule has 0 amide bonds. The molecule has 29 heavy (non-hydrogen) atoms. The van der Waals surface area contributed by atoms with Crippen molar-refractivity contribution in [2.24, 2.45) is 0 Å². The Morgan fingerprint density at radius 2 is 2.00 bits per heavy atom. The number of sulfonamides is 1. The number of aryl methyl sites for hydroxylation is 2. The van der Waals surface area contributed by atoms with Gasteiger partial charge >= 0.3 is 4.87 Å². The summed E-state index contributed by atoms with van der Waals surface area (Å²) in [5.41, 5.74) is 2.54. The van der Waals surface area contributed by atoms with Gasteiger partial charge in [-0.05, 0) is 37.6 Å². The van der Waals surface area contributed by atoms with Gasteiger partial charge in [0.1, 0.15) is 0 Å². The van der Waals surface area contributed by atoms with Crippen LogP contribution in [-0.2, 0) is 23.1 Å². The van der Waals surface area contributed by atoms with Crippen LogP contribution in [0.5, 0.6) is 0 Å². The SMILES string of the molecule is CCn1c(=O)sc2cc(S(=O)(=O)NCc3nc(-c4ccccc4C)no3)ccc21. The maximum absolute atomic E-state index is 12.7. The standard InChI is InChI=1S/C19H18N4O4S2/c1-3-23-15-9-8-13(10-16(15)28-19(23)24)29(25,26)20-11-17-21-18(22-27-17)14-7-5-4-6-12(14)2/h4-10,20H,3,11H2,1-2H3. The fourth-order valence-corrected chi connectivity index (χ4v) is 5.08. The van der Waals surface area contributed by atoms with Crippen LogP contribution in [0.15, 0.2) is 56.7 Å². The summed E-state index contributed by atoms with van der Waals surface area (Å²) < 4.78 is 35.2. The van der Waals surface area contributed by atoms with Crippen LogP contribution in [0.4, 0.5) is 0 Å².